The Morgan fingerprint density at radius 2 is 1.90 bits per heavy atom. The van der Waals surface area contributed by atoms with Gasteiger partial charge in [0.15, 0.2) is 0 Å². The van der Waals surface area contributed by atoms with Crippen LogP contribution in [0, 0.1) is 0 Å². The molecule has 1 aromatic carbocycles. The third kappa shape index (κ3) is 3.49. The largest absolute Gasteiger partial charge is 0.495 e. The molecular formula is C12H10Cl2N2O4S. The minimum absolute atomic E-state index is 0.166. The molecule has 0 atom stereocenters. The van der Waals surface area contributed by atoms with E-state index in [2.05, 4.69) is 9.71 Å². The lowest BCUT2D eigenvalue weighted by molar-refractivity contribution is 0.415. The maximum atomic E-state index is 12.2. The summed E-state index contributed by atoms with van der Waals surface area (Å²) in [5.74, 6) is 0.330. The van der Waals surface area contributed by atoms with E-state index in [0.29, 0.717) is 10.8 Å². The number of anilines is 1. The predicted octanol–water partition coefficient (Wildman–Crippen LogP) is 2.49. The summed E-state index contributed by atoms with van der Waals surface area (Å²) in [4.78, 5) is 13.2. The van der Waals surface area contributed by atoms with Crippen LogP contribution in [0.15, 0.2) is 40.2 Å². The molecule has 6 nitrogen and oxygen atoms in total. The predicted molar refractivity (Wildman–Crippen MR) is 80.9 cm³/mol. The summed E-state index contributed by atoms with van der Waals surface area (Å²) in [5, 5.41) is 0.138. The van der Waals surface area contributed by atoms with Gasteiger partial charge in [0.05, 0.1) is 17.8 Å². The summed E-state index contributed by atoms with van der Waals surface area (Å²) in [6.07, 6.45) is 1.06. The van der Waals surface area contributed by atoms with Crippen molar-refractivity contribution in [3.05, 3.63) is 50.9 Å². The van der Waals surface area contributed by atoms with Crippen LogP contribution in [0.2, 0.25) is 10.0 Å². The molecule has 0 unspecified atom stereocenters. The third-order valence-corrected chi connectivity index (χ3v) is 4.50. The maximum absolute atomic E-state index is 12.2. The van der Waals surface area contributed by atoms with Crippen molar-refractivity contribution in [3.8, 4) is 5.75 Å². The molecule has 0 fully saturated rings. The van der Waals surface area contributed by atoms with E-state index in [9.17, 15) is 13.2 Å². The highest BCUT2D eigenvalue weighted by Gasteiger charge is 2.16. The fourth-order valence-corrected chi connectivity index (χ4v) is 3.00. The number of pyridine rings is 1. The van der Waals surface area contributed by atoms with Gasteiger partial charge in [0.2, 0.25) is 0 Å². The lowest BCUT2D eigenvalue weighted by Crippen LogP contribution is -2.16. The highest BCUT2D eigenvalue weighted by atomic mass is 35.5. The zero-order chi connectivity index (χ0) is 15.6. The Bertz CT molecular complexity index is 833. The van der Waals surface area contributed by atoms with Crippen molar-refractivity contribution < 1.29 is 13.2 Å². The van der Waals surface area contributed by atoms with Gasteiger partial charge in [0, 0.05) is 12.3 Å². The number of rotatable bonds is 4. The molecule has 0 bridgehead atoms. The lowest BCUT2D eigenvalue weighted by atomic mass is 10.3. The molecule has 0 amide bonds. The molecule has 0 spiro atoms. The Morgan fingerprint density at radius 1 is 1.19 bits per heavy atom. The van der Waals surface area contributed by atoms with E-state index < -0.39 is 15.6 Å². The molecule has 1 heterocycles. The van der Waals surface area contributed by atoms with Crippen molar-refractivity contribution >= 4 is 38.9 Å². The standard InChI is InChI=1S/C12H10Cl2N2O4S/c1-20-11-4-7(2-3-9(11)13)16-21(18,19)8-5-10(14)12(17)15-6-8/h2-6,16H,1H3,(H,15,17). The van der Waals surface area contributed by atoms with Crippen molar-refractivity contribution in [2.75, 3.05) is 11.8 Å². The molecule has 21 heavy (non-hydrogen) atoms. The number of sulfonamides is 1. The quantitative estimate of drug-likeness (QED) is 0.888. The Hall–Kier alpha value is -1.70. The fourth-order valence-electron chi connectivity index (χ4n) is 1.53. The molecule has 2 aromatic rings. The summed E-state index contributed by atoms with van der Waals surface area (Å²) < 4.78 is 31.7. The van der Waals surface area contributed by atoms with Gasteiger partial charge in [-0.15, -0.1) is 0 Å². The van der Waals surface area contributed by atoms with Crippen molar-refractivity contribution in [2.45, 2.75) is 4.90 Å². The molecule has 0 radical (unpaired) electrons. The van der Waals surface area contributed by atoms with E-state index in [4.69, 9.17) is 27.9 Å². The molecule has 0 aliphatic carbocycles. The van der Waals surface area contributed by atoms with Gasteiger partial charge in [0.25, 0.3) is 15.6 Å². The van der Waals surface area contributed by atoms with Gasteiger partial charge < -0.3 is 9.72 Å². The fraction of sp³-hybridized carbons (Fsp3) is 0.0833. The normalized spacial score (nSPS) is 11.2. The summed E-state index contributed by atoms with van der Waals surface area (Å²) in [6.45, 7) is 0. The number of halogens is 2. The van der Waals surface area contributed by atoms with E-state index in [1.54, 1.807) is 0 Å². The number of benzene rings is 1. The Kier molecular flexibility index (Phi) is 4.46. The van der Waals surface area contributed by atoms with Crippen LogP contribution in [-0.2, 0) is 10.0 Å². The molecule has 2 N–H and O–H groups in total. The van der Waals surface area contributed by atoms with Crippen molar-refractivity contribution in [2.24, 2.45) is 0 Å². The Balaban J connectivity index is 2.37. The van der Waals surface area contributed by atoms with Crippen LogP contribution in [0.4, 0.5) is 5.69 Å². The van der Waals surface area contributed by atoms with E-state index in [0.717, 1.165) is 12.3 Å². The summed E-state index contributed by atoms with van der Waals surface area (Å²) in [6, 6.07) is 5.48. The molecule has 0 saturated heterocycles. The number of hydrogen-bond acceptors (Lipinski definition) is 4. The average Bonchev–Trinajstić information content (AvgIpc) is 2.43. The summed E-state index contributed by atoms with van der Waals surface area (Å²) in [5.41, 5.74) is -0.303. The number of nitrogens with one attached hydrogen (secondary N) is 2. The topological polar surface area (TPSA) is 88.3 Å². The molecular weight excluding hydrogens is 339 g/mol. The molecule has 9 heteroatoms. The highest BCUT2D eigenvalue weighted by molar-refractivity contribution is 7.92. The van der Waals surface area contributed by atoms with Gasteiger partial charge >= 0.3 is 0 Å². The average molecular weight is 349 g/mol. The van der Waals surface area contributed by atoms with Gasteiger partial charge in [-0.1, -0.05) is 23.2 Å². The monoisotopic (exact) mass is 348 g/mol. The number of ether oxygens (including phenoxy) is 1. The molecule has 0 aliphatic heterocycles. The van der Waals surface area contributed by atoms with E-state index in [-0.39, 0.29) is 15.6 Å². The SMILES string of the molecule is COc1cc(NS(=O)(=O)c2c[nH]c(=O)c(Cl)c2)ccc1Cl. The van der Waals surface area contributed by atoms with Crippen LogP contribution < -0.4 is 15.0 Å². The molecule has 1 aromatic heterocycles. The lowest BCUT2D eigenvalue weighted by Gasteiger charge is -2.10. The summed E-state index contributed by atoms with van der Waals surface area (Å²) >= 11 is 11.5. The second kappa shape index (κ2) is 5.97. The second-order valence-electron chi connectivity index (χ2n) is 3.97. The molecule has 0 saturated carbocycles. The van der Waals surface area contributed by atoms with Crippen molar-refractivity contribution in [1.82, 2.24) is 4.98 Å². The van der Waals surface area contributed by atoms with Crippen molar-refractivity contribution in [1.29, 1.82) is 0 Å². The van der Waals surface area contributed by atoms with Gasteiger partial charge in [-0.05, 0) is 18.2 Å². The van der Waals surface area contributed by atoms with Crippen LogP contribution in [0.1, 0.15) is 0 Å². The number of H-pyrrole nitrogens is 1. The van der Waals surface area contributed by atoms with Gasteiger partial charge in [-0.3, -0.25) is 9.52 Å². The van der Waals surface area contributed by atoms with Crippen LogP contribution in [0.25, 0.3) is 0 Å². The second-order valence-corrected chi connectivity index (χ2v) is 6.46. The number of aromatic nitrogens is 1. The Labute approximate surface area is 130 Å². The highest BCUT2D eigenvalue weighted by Crippen LogP contribution is 2.28. The van der Waals surface area contributed by atoms with E-state index >= 15 is 0 Å². The van der Waals surface area contributed by atoms with Crippen LogP contribution >= 0.6 is 23.2 Å². The molecule has 2 rings (SSSR count). The zero-order valence-corrected chi connectivity index (χ0v) is 13.0. The first-order valence-corrected chi connectivity index (χ1v) is 7.82. The first-order chi connectivity index (χ1) is 9.83. The smallest absolute Gasteiger partial charge is 0.266 e. The minimum Gasteiger partial charge on any atom is -0.495 e. The number of methoxy groups -OCH3 is 1. The van der Waals surface area contributed by atoms with Crippen LogP contribution in [0.3, 0.4) is 0 Å². The van der Waals surface area contributed by atoms with E-state index in [1.165, 1.54) is 25.3 Å². The van der Waals surface area contributed by atoms with Crippen molar-refractivity contribution in [3.63, 3.8) is 0 Å². The van der Waals surface area contributed by atoms with Crippen LogP contribution in [-0.4, -0.2) is 20.5 Å². The maximum Gasteiger partial charge on any atom is 0.266 e. The van der Waals surface area contributed by atoms with Gasteiger partial charge in [-0.25, -0.2) is 8.42 Å². The minimum atomic E-state index is -3.89. The molecule has 112 valence electrons. The van der Waals surface area contributed by atoms with Gasteiger partial charge in [0.1, 0.15) is 15.7 Å². The number of aromatic amines is 1. The van der Waals surface area contributed by atoms with Gasteiger partial charge in [-0.2, -0.15) is 0 Å². The first-order valence-electron chi connectivity index (χ1n) is 5.58. The summed E-state index contributed by atoms with van der Waals surface area (Å²) in [7, 11) is -2.48. The van der Waals surface area contributed by atoms with Crippen LogP contribution in [0.5, 0.6) is 5.75 Å². The Morgan fingerprint density at radius 3 is 2.52 bits per heavy atom. The first kappa shape index (κ1) is 15.7. The third-order valence-electron chi connectivity index (χ3n) is 2.55. The molecule has 0 aliphatic rings. The van der Waals surface area contributed by atoms with E-state index in [1.807, 2.05) is 0 Å². The zero-order valence-electron chi connectivity index (χ0n) is 10.7. The number of hydrogen-bond donors (Lipinski definition) is 2.